The number of halogens is 1. The summed E-state index contributed by atoms with van der Waals surface area (Å²) in [7, 11) is 0. The number of rotatable bonds is 1. The van der Waals surface area contributed by atoms with Crippen molar-refractivity contribution in [2.24, 2.45) is 21.6 Å². The molecule has 110 valence electrons. The predicted molar refractivity (Wildman–Crippen MR) is 83.0 cm³/mol. The quantitative estimate of drug-likeness (QED) is 0.852. The summed E-state index contributed by atoms with van der Waals surface area (Å²) in [6.07, 6.45) is 0. The molecule has 1 aliphatic carbocycles. The molecule has 0 amide bonds. The summed E-state index contributed by atoms with van der Waals surface area (Å²) >= 11 is 7.52. The SMILES string of the molecule is N#C[C@@]12[C@H](c3cccc(Cl)c3)[C@]1(C#N)C(N)=N[C@@]21OCCS1. The van der Waals surface area contributed by atoms with Crippen molar-refractivity contribution in [3.63, 3.8) is 0 Å². The van der Waals surface area contributed by atoms with Gasteiger partial charge in [0.15, 0.2) is 5.41 Å². The van der Waals surface area contributed by atoms with Crippen molar-refractivity contribution in [2.75, 3.05) is 12.4 Å². The number of thioether (sulfide) groups is 1. The fraction of sp³-hybridized carbons (Fsp3) is 0.400. The summed E-state index contributed by atoms with van der Waals surface area (Å²) in [5.74, 6) is 0.539. The number of fused-ring (bicyclic) bond motifs is 2. The number of amidine groups is 1. The Bertz CT molecular complexity index is 791. The highest BCUT2D eigenvalue weighted by Crippen LogP contribution is 2.84. The van der Waals surface area contributed by atoms with Crippen molar-refractivity contribution in [3.05, 3.63) is 34.9 Å². The Balaban J connectivity index is 1.94. The number of hydrogen-bond acceptors (Lipinski definition) is 6. The van der Waals surface area contributed by atoms with Gasteiger partial charge in [0.1, 0.15) is 11.3 Å². The second-order valence-corrected chi connectivity index (χ2v) is 7.29. The molecule has 1 saturated carbocycles. The lowest BCUT2D eigenvalue weighted by atomic mass is 9.95. The molecule has 4 rings (SSSR count). The van der Waals surface area contributed by atoms with Crippen LogP contribution in [0.15, 0.2) is 29.3 Å². The van der Waals surface area contributed by atoms with Crippen molar-refractivity contribution in [1.29, 1.82) is 10.5 Å². The van der Waals surface area contributed by atoms with Gasteiger partial charge in [0.25, 0.3) is 0 Å². The van der Waals surface area contributed by atoms with Crippen molar-refractivity contribution in [3.8, 4) is 12.1 Å². The molecule has 0 aromatic heterocycles. The predicted octanol–water partition coefficient (Wildman–Crippen LogP) is 2.25. The number of nitriles is 2. The maximum Gasteiger partial charge on any atom is 0.230 e. The van der Waals surface area contributed by atoms with Gasteiger partial charge in [-0.3, -0.25) is 0 Å². The van der Waals surface area contributed by atoms with Crippen molar-refractivity contribution < 1.29 is 4.74 Å². The Morgan fingerprint density at radius 1 is 1.41 bits per heavy atom. The van der Waals surface area contributed by atoms with Gasteiger partial charge < -0.3 is 10.5 Å². The average Bonchev–Trinajstić information content (AvgIpc) is 2.77. The Morgan fingerprint density at radius 3 is 2.82 bits per heavy atom. The first kappa shape index (κ1) is 13.9. The van der Waals surface area contributed by atoms with E-state index in [1.807, 2.05) is 12.1 Å². The molecular formula is C15H11ClN4OS. The molecule has 2 N–H and O–H groups in total. The number of nitrogens with zero attached hydrogens (tertiary/aromatic N) is 3. The van der Waals surface area contributed by atoms with E-state index >= 15 is 0 Å². The Labute approximate surface area is 136 Å². The molecular weight excluding hydrogens is 320 g/mol. The third-order valence-electron chi connectivity index (χ3n) is 4.79. The molecule has 1 spiro atoms. The van der Waals surface area contributed by atoms with Crippen LogP contribution >= 0.6 is 23.4 Å². The molecule has 3 aliphatic rings. The van der Waals surface area contributed by atoms with Crippen LogP contribution in [0.3, 0.4) is 0 Å². The molecule has 7 heteroatoms. The minimum absolute atomic E-state index is 0.191. The molecule has 0 radical (unpaired) electrons. The van der Waals surface area contributed by atoms with E-state index < -0.39 is 15.9 Å². The molecule has 0 unspecified atom stereocenters. The second-order valence-electron chi connectivity index (χ2n) is 5.60. The fourth-order valence-electron chi connectivity index (χ4n) is 3.90. The van der Waals surface area contributed by atoms with Crippen LogP contribution in [-0.2, 0) is 4.74 Å². The molecule has 1 aromatic rings. The Hall–Kier alpha value is -1.73. The molecule has 1 saturated heterocycles. The number of ether oxygens (including phenoxy) is 1. The van der Waals surface area contributed by atoms with Gasteiger partial charge in [-0.05, 0) is 17.7 Å². The van der Waals surface area contributed by atoms with Crippen molar-refractivity contribution in [1.82, 2.24) is 0 Å². The van der Waals surface area contributed by atoms with Gasteiger partial charge in [0.2, 0.25) is 5.06 Å². The first-order valence-corrected chi connectivity index (χ1v) is 8.16. The zero-order valence-electron chi connectivity index (χ0n) is 11.4. The molecule has 2 heterocycles. The molecule has 0 bridgehead atoms. The van der Waals surface area contributed by atoms with E-state index in [0.717, 1.165) is 11.3 Å². The zero-order chi connectivity index (χ0) is 15.6. The van der Waals surface area contributed by atoms with E-state index in [-0.39, 0.29) is 11.8 Å². The van der Waals surface area contributed by atoms with E-state index in [1.54, 1.807) is 12.1 Å². The van der Waals surface area contributed by atoms with Gasteiger partial charge in [-0.25, -0.2) is 4.99 Å². The van der Waals surface area contributed by atoms with Crippen LogP contribution in [-0.4, -0.2) is 23.3 Å². The topological polar surface area (TPSA) is 95.2 Å². The normalized spacial score (nSPS) is 41.6. The molecule has 4 atom stereocenters. The smallest absolute Gasteiger partial charge is 0.230 e. The van der Waals surface area contributed by atoms with Gasteiger partial charge in [-0.15, -0.1) is 0 Å². The standard InChI is InChI=1S/C15H11ClN4OS/c16-10-3-1-2-9(6-10)11-13(7-17)12(19)20-15(14(11,13)8-18)21-4-5-22-15/h1-3,6,11H,4-5H2,(H2,19,20)/t11-,13-,14-,15-/m1/s1. The summed E-state index contributed by atoms with van der Waals surface area (Å²) in [4.78, 5) is 4.39. The van der Waals surface area contributed by atoms with Gasteiger partial charge in [0, 0.05) is 16.7 Å². The van der Waals surface area contributed by atoms with E-state index in [1.165, 1.54) is 11.8 Å². The van der Waals surface area contributed by atoms with Crippen LogP contribution in [0.1, 0.15) is 11.5 Å². The Kier molecular flexibility index (Phi) is 2.64. The highest BCUT2D eigenvalue weighted by molar-refractivity contribution is 8.00. The zero-order valence-corrected chi connectivity index (χ0v) is 13.0. The molecule has 2 fully saturated rings. The van der Waals surface area contributed by atoms with Crippen LogP contribution in [0, 0.1) is 33.5 Å². The summed E-state index contributed by atoms with van der Waals surface area (Å²) < 4.78 is 5.82. The van der Waals surface area contributed by atoms with Crippen LogP contribution in [0.5, 0.6) is 0 Å². The highest BCUT2D eigenvalue weighted by Gasteiger charge is 2.93. The highest BCUT2D eigenvalue weighted by atomic mass is 35.5. The summed E-state index contributed by atoms with van der Waals surface area (Å²) in [6.45, 7) is 0.495. The number of benzene rings is 1. The van der Waals surface area contributed by atoms with Crippen LogP contribution in [0.2, 0.25) is 5.02 Å². The van der Waals surface area contributed by atoms with E-state index in [4.69, 9.17) is 22.1 Å². The molecule has 2 aliphatic heterocycles. The van der Waals surface area contributed by atoms with Crippen molar-refractivity contribution in [2.45, 2.75) is 11.0 Å². The second kappa shape index (κ2) is 4.17. The first-order valence-electron chi connectivity index (χ1n) is 6.80. The van der Waals surface area contributed by atoms with E-state index in [9.17, 15) is 10.5 Å². The summed E-state index contributed by atoms with van der Waals surface area (Å²) in [5, 5.41) is 19.3. The van der Waals surface area contributed by atoms with Crippen LogP contribution in [0.25, 0.3) is 0 Å². The lowest BCUT2D eigenvalue weighted by Gasteiger charge is -2.26. The summed E-state index contributed by atoms with van der Waals surface area (Å²) in [6, 6.07) is 11.8. The number of nitrogens with two attached hydrogens (primary N) is 1. The van der Waals surface area contributed by atoms with E-state index in [0.29, 0.717) is 11.6 Å². The Morgan fingerprint density at radius 2 is 2.23 bits per heavy atom. The maximum atomic E-state index is 9.95. The molecule has 1 aromatic carbocycles. The third-order valence-corrected chi connectivity index (χ3v) is 6.32. The monoisotopic (exact) mass is 330 g/mol. The number of hydrogen-bond donors (Lipinski definition) is 1. The summed E-state index contributed by atoms with van der Waals surface area (Å²) in [5.41, 5.74) is 4.69. The lowest BCUT2D eigenvalue weighted by molar-refractivity contribution is 0.0200. The number of aliphatic imine (C=N–C) groups is 1. The third kappa shape index (κ3) is 1.24. The maximum absolute atomic E-state index is 9.95. The van der Waals surface area contributed by atoms with Gasteiger partial charge in [-0.2, -0.15) is 10.5 Å². The van der Waals surface area contributed by atoms with Crippen LogP contribution in [0.4, 0.5) is 0 Å². The minimum Gasteiger partial charge on any atom is -0.386 e. The van der Waals surface area contributed by atoms with Gasteiger partial charge >= 0.3 is 0 Å². The van der Waals surface area contributed by atoms with Gasteiger partial charge in [0.05, 0.1) is 18.7 Å². The van der Waals surface area contributed by atoms with E-state index in [2.05, 4.69) is 17.1 Å². The lowest BCUT2D eigenvalue weighted by Crippen LogP contribution is -2.34. The van der Waals surface area contributed by atoms with Crippen LogP contribution < -0.4 is 5.73 Å². The molecule has 22 heavy (non-hydrogen) atoms. The average molecular weight is 331 g/mol. The van der Waals surface area contributed by atoms with Gasteiger partial charge in [-0.1, -0.05) is 35.5 Å². The fourth-order valence-corrected chi connectivity index (χ4v) is 5.43. The van der Waals surface area contributed by atoms with Crippen molar-refractivity contribution >= 4 is 29.2 Å². The first-order chi connectivity index (χ1) is 10.6. The minimum atomic E-state index is -1.14. The molecule has 5 nitrogen and oxygen atoms in total. The largest absolute Gasteiger partial charge is 0.386 e.